The van der Waals surface area contributed by atoms with Crippen LogP contribution in [0.2, 0.25) is 0 Å². The summed E-state index contributed by atoms with van der Waals surface area (Å²) in [6.07, 6.45) is 0. The number of methoxy groups -OCH3 is 1. The third-order valence-electron chi connectivity index (χ3n) is 5.73. The summed E-state index contributed by atoms with van der Waals surface area (Å²) in [5.74, 6) is 2.70. The van der Waals surface area contributed by atoms with Gasteiger partial charge in [-0.05, 0) is 29.8 Å². The van der Waals surface area contributed by atoms with Crippen LogP contribution in [-0.4, -0.2) is 32.6 Å². The number of imidazole rings is 1. The molecule has 1 N–H and O–H groups in total. The van der Waals surface area contributed by atoms with Crippen LogP contribution in [0, 0.1) is 0 Å². The van der Waals surface area contributed by atoms with E-state index in [1.54, 1.807) is 14.2 Å². The van der Waals surface area contributed by atoms with Crippen molar-refractivity contribution < 1.29 is 14.2 Å². The molecule has 3 heterocycles. The molecule has 0 radical (unpaired) electrons. The minimum Gasteiger partial charge on any atom is -0.497 e. The Labute approximate surface area is 188 Å². The molecule has 0 saturated carbocycles. The summed E-state index contributed by atoms with van der Waals surface area (Å²) < 4.78 is 20.5. The Morgan fingerprint density at radius 1 is 1.06 bits per heavy atom. The lowest BCUT2D eigenvalue weighted by molar-refractivity contribution is 0.174. The molecule has 0 bridgehead atoms. The summed E-state index contributed by atoms with van der Waals surface area (Å²) in [6, 6.07) is 13.2. The smallest absolute Gasteiger partial charge is 0.332 e. The molecule has 10 nitrogen and oxygen atoms in total. The number of aryl methyl sites for hydroxylation is 1. The molecule has 0 aliphatic carbocycles. The molecule has 170 valence electrons. The summed E-state index contributed by atoms with van der Waals surface area (Å²) in [6.45, 7) is 0.918. The van der Waals surface area contributed by atoms with E-state index in [4.69, 9.17) is 14.2 Å². The third kappa shape index (κ3) is 3.59. The van der Waals surface area contributed by atoms with Gasteiger partial charge >= 0.3 is 5.69 Å². The van der Waals surface area contributed by atoms with Gasteiger partial charge in [0.2, 0.25) is 6.79 Å². The Kier molecular flexibility index (Phi) is 5.04. The number of aromatic nitrogens is 4. The van der Waals surface area contributed by atoms with E-state index in [0.717, 1.165) is 21.6 Å². The molecule has 0 spiro atoms. The number of hydrogen-bond donors (Lipinski definition) is 1. The predicted molar refractivity (Wildman–Crippen MR) is 122 cm³/mol. The second kappa shape index (κ2) is 8.05. The molecule has 5 rings (SSSR count). The fourth-order valence-corrected chi connectivity index (χ4v) is 3.94. The lowest BCUT2D eigenvalue weighted by Gasteiger charge is -2.12. The Balaban J connectivity index is 1.58. The van der Waals surface area contributed by atoms with Crippen molar-refractivity contribution in [2.24, 2.45) is 14.1 Å². The first-order valence-corrected chi connectivity index (χ1v) is 10.4. The molecule has 1 aliphatic heterocycles. The number of hydrogen-bond acceptors (Lipinski definition) is 7. The number of ether oxygens (including phenoxy) is 3. The maximum atomic E-state index is 13.1. The maximum Gasteiger partial charge on any atom is 0.332 e. The fraction of sp³-hybridized carbons (Fsp3) is 0.261. The van der Waals surface area contributed by atoms with Gasteiger partial charge < -0.3 is 24.1 Å². The van der Waals surface area contributed by atoms with E-state index in [-0.39, 0.29) is 6.79 Å². The monoisotopic (exact) mass is 449 g/mol. The average molecular weight is 449 g/mol. The average Bonchev–Trinajstić information content (AvgIpc) is 3.44. The highest BCUT2D eigenvalue weighted by atomic mass is 16.7. The van der Waals surface area contributed by atoms with Crippen molar-refractivity contribution in [1.29, 1.82) is 0 Å². The van der Waals surface area contributed by atoms with Crippen LogP contribution < -0.4 is 30.8 Å². The molecule has 10 heteroatoms. The summed E-state index contributed by atoms with van der Waals surface area (Å²) >= 11 is 0. The molecule has 2 aromatic heterocycles. The van der Waals surface area contributed by atoms with Gasteiger partial charge in [0.1, 0.15) is 11.6 Å². The van der Waals surface area contributed by atoms with Crippen molar-refractivity contribution in [2.45, 2.75) is 13.1 Å². The van der Waals surface area contributed by atoms with E-state index >= 15 is 0 Å². The molecule has 1 aliphatic rings. The first kappa shape index (κ1) is 20.7. The van der Waals surface area contributed by atoms with Gasteiger partial charge in [-0.2, -0.15) is 0 Å². The molecule has 0 unspecified atom stereocenters. The zero-order valence-electron chi connectivity index (χ0n) is 18.5. The number of anilines is 1. The van der Waals surface area contributed by atoms with Crippen molar-refractivity contribution in [3.63, 3.8) is 0 Å². The number of nitrogens with zero attached hydrogens (tertiary/aromatic N) is 4. The van der Waals surface area contributed by atoms with E-state index in [0.29, 0.717) is 41.6 Å². The van der Waals surface area contributed by atoms with Gasteiger partial charge in [0.05, 0.1) is 13.7 Å². The fourth-order valence-electron chi connectivity index (χ4n) is 3.94. The second-order valence-corrected chi connectivity index (χ2v) is 7.77. The van der Waals surface area contributed by atoms with Gasteiger partial charge in [-0.25, -0.2) is 9.78 Å². The molecule has 0 atom stereocenters. The van der Waals surface area contributed by atoms with Crippen LogP contribution in [0.4, 0.5) is 5.69 Å². The number of nitrogens with one attached hydrogen (secondary N) is 1. The van der Waals surface area contributed by atoms with Gasteiger partial charge in [-0.3, -0.25) is 13.9 Å². The van der Waals surface area contributed by atoms with E-state index in [9.17, 15) is 9.59 Å². The van der Waals surface area contributed by atoms with Crippen LogP contribution in [0.5, 0.6) is 17.2 Å². The van der Waals surface area contributed by atoms with Crippen molar-refractivity contribution in [1.82, 2.24) is 18.7 Å². The first-order valence-electron chi connectivity index (χ1n) is 10.4. The zero-order valence-corrected chi connectivity index (χ0v) is 18.5. The second-order valence-electron chi connectivity index (χ2n) is 7.77. The summed E-state index contributed by atoms with van der Waals surface area (Å²) in [4.78, 5) is 30.2. The van der Waals surface area contributed by atoms with Crippen LogP contribution in [-0.2, 0) is 27.2 Å². The number of rotatable bonds is 6. The van der Waals surface area contributed by atoms with Gasteiger partial charge in [0.15, 0.2) is 22.7 Å². The van der Waals surface area contributed by atoms with E-state index in [1.807, 2.05) is 47.0 Å². The third-order valence-corrected chi connectivity index (χ3v) is 5.73. The quantitative estimate of drug-likeness (QED) is 0.479. The zero-order chi connectivity index (χ0) is 23.1. The minimum atomic E-state index is -0.422. The molecule has 0 fully saturated rings. The van der Waals surface area contributed by atoms with Gasteiger partial charge in [0.25, 0.3) is 5.56 Å². The van der Waals surface area contributed by atoms with E-state index in [2.05, 4.69) is 10.3 Å². The number of benzene rings is 2. The van der Waals surface area contributed by atoms with Gasteiger partial charge in [-0.15, -0.1) is 0 Å². The Morgan fingerprint density at radius 2 is 1.88 bits per heavy atom. The van der Waals surface area contributed by atoms with Gasteiger partial charge in [-0.1, -0.05) is 12.1 Å². The molecule has 0 saturated heterocycles. The van der Waals surface area contributed by atoms with Crippen LogP contribution in [0.25, 0.3) is 11.2 Å². The number of fused-ring (bicyclic) bond motifs is 2. The van der Waals surface area contributed by atoms with Crippen LogP contribution >= 0.6 is 0 Å². The van der Waals surface area contributed by atoms with E-state index < -0.39 is 11.2 Å². The highest BCUT2D eigenvalue weighted by Crippen LogP contribution is 2.34. The highest BCUT2D eigenvalue weighted by molar-refractivity contribution is 5.71. The van der Waals surface area contributed by atoms with Gasteiger partial charge in [0, 0.05) is 32.4 Å². The Hall–Kier alpha value is -4.21. The van der Waals surface area contributed by atoms with Crippen LogP contribution in [0.15, 0.2) is 52.1 Å². The predicted octanol–water partition coefficient (Wildman–Crippen LogP) is 1.83. The maximum absolute atomic E-state index is 13.1. The van der Waals surface area contributed by atoms with Crippen LogP contribution in [0.3, 0.4) is 0 Å². The standard InChI is InChI=1S/C23H23N5O5/c1-26-21-20(22(29)27(2)23(26)30)28(12-14-5-4-6-16(9-14)31-3)19(25-21)11-24-15-7-8-17-18(10-15)33-13-32-17/h4-10,24H,11-13H2,1-3H3. The molecular weight excluding hydrogens is 426 g/mol. The van der Waals surface area contributed by atoms with E-state index in [1.165, 1.54) is 11.6 Å². The Morgan fingerprint density at radius 3 is 2.70 bits per heavy atom. The summed E-state index contributed by atoms with van der Waals surface area (Å²) in [7, 11) is 4.69. The SMILES string of the molecule is COc1cccc(Cn2c(CNc3ccc4c(c3)OCO4)nc3c2c(=O)n(C)c(=O)n3C)c1. The lowest BCUT2D eigenvalue weighted by atomic mass is 10.2. The largest absolute Gasteiger partial charge is 0.497 e. The Bertz CT molecular complexity index is 1480. The topological polar surface area (TPSA) is 102 Å². The summed E-state index contributed by atoms with van der Waals surface area (Å²) in [5.41, 5.74) is 1.65. The lowest BCUT2D eigenvalue weighted by Crippen LogP contribution is -2.37. The molecule has 2 aromatic carbocycles. The van der Waals surface area contributed by atoms with Crippen LogP contribution in [0.1, 0.15) is 11.4 Å². The van der Waals surface area contributed by atoms with Crippen molar-refractivity contribution in [3.8, 4) is 17.2 Å². The molecule has 4 aromatic rings. The summed E-state index contributed by atoms with van der Waals surface area (Å²) in [5, 5.41) is 3.33. The molecule has 33 heavy (non-hydrogen) atoms. The van der Waals surface area contributed by atoms with Crippen molar-refractivity contribution in [3.05, 3.63) is 74.7 Å². The highest BCUT2D eigenvalue weighted by Gasteiger charge is 2.20. The normalized spacial score (nSPS) is 12.3. The van der Waals surface area contributed by atoms with Crippen molar-refractivity contribution >= 4 is 16.9 Å². The minimum absolute atomic E-state index is 0.201. The first-order chi connectivity index (χ1) is 16.0. The van der Waals surface area contributed by atoms with Crippen molar-refractivity contribution in [2.75, 3.05) is 19.2 Å². The molecule has 0 amide bonds. The molecular formula is C23H23N5O5.